The van der Waals surface area contributed by atoms with Crippen molar-refractivity contribution in [3.8, 4) is 0 Å². The van der Waals surface area contributed by atoms with Gasteiger partial charge in [-0.3, -0.25) is 68.0 Å². The summed E-state index contributed by atoms with van der Waals surface area (Å²) in [4.78, 5) is 298. The van der Waals surface area contributed by atoms with Gasteiger partial charge in [-0.1, -0.05) is 0 Å². The summed E-state index contributed by atoms with van der Waals surface area (Å²) >= 11 is 0. The molecule has 0 bridgehead atoms. The third kappa shape index (κ3) is 26.4. The van der Waals surface area contributed by atoms with Crippen molar-refractivity contribution in [2.24, 2.45) is 0 Å². The molecule has 6 N–H and O–H groups in total. The van der Waals surface area contributed by atoms with E-state index in [9.17, 15) is 126 Å². The maximum absolute atomic E-state index is 13.6. The van der Waals surface area contributed by atoms with Crippen molar-refractivity contribution in [1.82, 2.24) is 94.0 Å². The monoisotopic (exact) mass is 1950 g/mol. The Bertz CT molecular complexity index is 5640. The van der Waals surface area contributed by atoms with Crippen molar-refractivity contribution in [2.75, 3.05) is 170 Å². The maximum atomic E-state index is 13.6. The lowest BCUT2D eigenvalue weighted by molar-refractivity contribution is -0.150. The number of fused-ring (bicyclic) bond motifs is 2. The molecule has 62 heteroatoms. The summed E-state index contributed by atoms with van der Waals surface area (Å²) in [6, 6.07) is -2.19. The van der Waals surface area contributed by atoms with E-state index in [2.05, 4.69) is 9.47 Å². The molecule has 0 spiro atoms. The standard InChI is InChI=1S/C37H56N10O22.C37H56N10O20/c1-63-19-44-28-29(46(21-65-3)36(44)61)47(37(62)45(28)20-64-2)22-67-15-12-42-33(58)41(11-14-48)34(59)43(35(42)60)13-16-68-26(53)6-9-39-30(55)38(8-5-25(52)66-4)31(56)40(32(39)57)10-7-27(54)69-18-24(51)23(50)17-49;1-24(9-16-48)67-27(52)8-12-40-31(54)38(10-6-25(50)64-5)30(53)39(32(40)55)11-7-26(51)66-19-15-43-34(57)41(13-17-49)33(56)42(35(43)58)14-18-65-23-47-29-28(45(21-62-3)37(47)60)44(20-61-2)36(59)46(29)22-63-4/h23-24,28-29,48-51H,5-22H2,1-4H3;24,28-29,48-49H,6-23H2,1-5H3. The number of esters is 6. The van der Waals surface area contributed by atoms with Crippen LogP contribution in [0.25, 0.3) is 0 Å². The van der Waals surface area contributed by atoms with Gasteiger partial charge < -0.3 is 97.0 Å². The molecule has 4 fully saturated rings. The van der Waals surface area contributed by atoms with E-state index in [0.29, 0.717) is 54.8 Å². The largest absolute Gasteiger partial charge is 0.469 e. The van der Waals surface area contributed by atoms with Crippen LogP contribution in [0.15, 0.2) is 57.5 Å². The number of carbonyl (C=O) groups excluding carboxylic acids is 10. The van der Waals surface area contributed by atoms with E-state index in [4.69, 9.17) is 67.1 Å². The molecule has 0 saturated carbocycles. The number of hydrogen-bond acceptors (Lipinski definition) is 42. The van der Waals surface area contributed by atoms with E-state index in [0.717, 1.165) is 14.2 Å². The smallest absolute Gasteiger partial charge is 0.336 e. The van der Waals surface area contributed by atoms with E-state index in [-0.39, 0.29) is 53.4 Å². The Morgan fingerprint density at radius 2 is 0.493 bits per heavy atom. The molecule has 4 aliphatic rings. The van der Waals surface area contributed by atoms with Crippen molar-refractivity contribution < 1.29 is 145 Å². The van der Waals surface area contributed by atoms with Crippen LogP contribution in [-0.2, 0) is 174 Å². The molecule has 0 radical (unpaired) electrons. The number of carbonyl (C=O) groups is 10. The highest BCUT2D eigenvalue weighted by Gasteiger charge is 2.61. The van der Waals surface area contributed by atoms with Gasteiger partial charge in [0.15, 0.2) is 24.7 Å². The van der Waals surface area contributed by atoms with Gasteiger partial charge in [-0.25, -0.2) is 132 Å². The third-order valence-corrected chi connectivity index (χ3v) is 21.0. The van der Waals surface area contributed by atoms with Gasteiger partial charge in [-0.05, 0) is 6.92 Å². The number of nitrogens with zero attached hydrogens (tertiary/aromatic N) is 20. The highest BCUT2D eigenvalue weighted by molar-refractivity contribution is 5.86. The molecule has 4 aromatic heterocycles. The molecule has 4 aliphatic heterocycles. The van der Waals surface area contributed by atoms with E-state index < -0.39 is 355 Å². The molecule has 760 valence electrons. The van der Waals surface area contributed by atoms with Gasteiger partial charge in [0.1, 0.15) is 92.0 Å². The first-order valence-electron chi connectivity index (χ1n) is 41.7. The second-order valence-corrected chi connectivity index (χ2v) is 29.7. The van der Waals surface area contributed by atoms with Gasteiger partial charge >= 0.3 is 128 Å². The summed E-state index contributed by atoms with van der Waals surface area (Å²) in [7, 11) is 10.3. The predicted molar refractivity (Wildman–Crippen MR) is 446 cm³/mol. The van der Waals surface area contributed by atoms with Crippen LogP contribution in [0.5, 0.6) is 0 Å². The summed E-state index contributed by atoms with van der Waals surface area (Å²) in [5.74, 6) is -5.62. The fourth-order valence-corrected chi connectivity index (χ4v) is 14.4. The Morgan fingerprint density at radius 1 is 0.272 bits per heavy atom. The summed E-state index contributed by atoms with van der Waals surface area (Å²) in [6.45, 7) is -13.0. The zero-order valence-corrected chi connectivity index (χ0v) is 75.8. The lowest BCUT2D eigenvalue weighted by Crippen LogP contribution is -2.55. The van der Waals surface area contributed by atoms with Crippen LogP contribution in [0, 0.1) is 0 Å². The molecule has 7 unspecified atom stereocenters. The fourth-order valence-electron chi connectivity index (χ4n) is 14.4. The quantitative estimate of drug-likeness (QED) is 0.0136. The molecule has 8 rings (SSSR count). The van der Waals surface area contributed by atoms with Gasteiger partial charge in [0.25, 0.3) is 0 Å². The molecule has 0 aliphatic carbocycles. The van der Waals surface area contributed by atoms with E-state index >= 15 is 0 Å². The van der Waals surface area contributed by atoms with Crippen LogP contribution in [0.4, 0.5) is 19.2 Å². The Hall–Kier alpha value is -13.0. The first-order chi connectivity index (χ1) is 64.9. The lowest BCUT2D eigenvalue weighted by atomic mass is 10.2. The molecule has 0 aromatic carbocycles. The van der Waals surface area contributed by atoms with Gasteiger partial charge in [0.05, 0.1) is 125 Å². The van der Waals surface area contributed by atoms with Crippen LogP contribution in [0.1, 0.15) is 51.9 Å². The number of hydrogen-bond donors (Lipinski definition) is 6. The number of rotatable bonds is 57. The molecule has 8 amide bonds. The summed E-state index contributed by atoms with van der Waals surface area (Å²) in [5, 5.41) is 56.4. The van der Waals surface area contributed by atoms with Gasteiger partial charge in [-0.15, -0.1) is 0 Å². The first kappa shape index (κ1) is 110. The number of ether oxygens (including phenoxy) is 14. The third-order valence-electron chi connectivity index (χ3n) is 21.0. The van der Waals surface area contributed by atoms with Gasteiger partial charge in [0.2, 0.25) is 0 Å². The van der Waals surface area contributed by atoms with E-state index in [1.54, 1.807) is 0 Å². The number of aliphatic hydroxyl groups excluding tert-OH is 6. The van der Waals surface area contributed by atoms with Crippen molar-refractivity contribution in [2.45, 2.75) is 173 Å². The number of amides is 8. The van der Waals surface area contributed by atoms with Crippen LogP contribution in [-0.4, -0.2) is 398 Å². The van der Waals surface area contributed by atoms with Gasteiger partial charge in [-0.2, -0.15) is 0 Å². The average Bonchev–Trinajstić information content (AvgIpc) is 1.57. The Labute approximate surface area is 765 Å². The minimum atomic E-state index is -1.65. The fraction of sp³-hybridized carbons (Fsp3) is 0.703. The second-order valence-electron chi connectivity index (χ2n) is 29.7. The highest BCUT2D eigenvalue weighted by atomic mass is 16.6. The first-order valence-corrected chi connectivity index (χ1v) is 41.7. The van der Waals surface area contributed by atoms with Crippen LogP contribution in [0.3, 0.4) is 0 Å². The van der Waals surface area contributed by atoms with Gasteiger partial charge in [0, 0.05) is 95.0 Å². The molecule has 136 heavy (non-hydrogen) atoms. The van der Waals surface area contributed by atoms with Crippen LogP contribution in [0.2, 0.25) is 0 Å². The molecule has 4 saturated heterocycles. The topological polar surface area (TPSA) is 711 Å². The summed E-state index contributed by atoms with van der Waals surface area (Å²) in [6.07, 6.45) is -11.0. The minimum absolute atomic E-state index is 0.131. The molecule has 7 atom stereocenters. The van der Waals surface area contributed by atoms with Crippen molar-refractivity contribution in [3.63, 3.8) is 0 Å². The highest BCUT2D eigenvalue weighted by Crippen LogP contribution is 2.36. The minimum Gasteiger partial charge on any atom is -0.469 e. The molecular weight excluding hydrogens is 1840 g/mol. The van der Waals surface area contributed by atoms with E-state index in [1.165, 1.54) is 88.8 Å². The van der Waals surface area contributed by atoms with E-state index in [1.807, 2.05) is 0 Å². The maximum Gasteiger partial charge on any atom is 0.336 e. The van der Waals surface area contributed by atoms with Crippen LogP contribution < -0.4 is 68.3 Å². The zero-order valence-electron chi connectivity index (χ0n) is 75.8. The predicted octanol–water partition coefficient (Wildman–Crippen LogP) is -13.1. The Kier molecular flexibility index (Phi) is 42.7. The number of aliphatic hydroxyl groups is 6. The zero-order chi connectivity index (χ0) is 101. The van der Waals surface area contributed by atoms with Crippen molar-refractivity contribution in [1.29, 1.82) is 0 Å². The number of methoxy groups -OCH3 is 8. The average molecular weight is 1950 g/mol. The molecule has 62 nitrogen and oxygen atoms in total. The SMILES string of the molecule is COCN1C(=O)N(COC)C2C1N(COC)C(=O)N2COCCn1c(=O)n(CCO)c(=O)n(CCOC(=O)CCn2c(=O)n(CCC(=O)OC)c(=O)n(CCC(=O)OC(C)CCO)c2=O)c1=O.COCN1C(=O)N(COC)C2C1N(COC)C(=O)N2COCCn1c(=O)n(CCO)c(=O)n(CCOC(=O)CCn2c(=O)n(CCC(=O)OC)c(=O)n(CCC(=O)OCC(O)C(O)CO)c2=O)c1=O. The Balaban J connectivity index is 0.000000371. The second kappa shape index (κ2) is 52.7. The summed E-state index contributed by atoms with van der Waals surface area (Å²) in [5.41, 5.74) is -14.2. The van der Waals surface area contributed by atoms with Crippen LogP contribution >= 0.6 is 0 Å². The molecule has 4 aromatic rings. The summed E-state index contributed by atoms with van der Waals surface area (Å²) < 4.78 is 78.5. The lowest BCUT2D eigenvalue weighted by Gasteiger charge is -2.28. The number of aromatic nitrogens is 12. The van der Waals surface area contributed by atoms with Crippen molar-refractivity contribution >= 4 is 59.9 Å². The van der Waals surface area contributed by atoms with Crippen molar-refractivity contribution in [3.05, 3.63) is 126 Å². The number of urea groups is 4. The normalized spacial score (nSPS) is 16.4. The Morgan fingerprint density at radius 3 is 0.728 bits per heavy atom. The molecule has 8 heterocycles. The molecular formula is C74H112N20O42.